The van der Waals surface area contributed by atoms with Gasteiger partial charge in [-0.1, -0.05) is 26.8 Å². The van der Waals surface area contributed by atoms with Crippen LogP contribution >= 0.6 is 0 Å². The molecule has 1 saturated carbocycles. The third-order valence-corrected chi connectivity index (χ3v) is 4.73. The zero-order chi connectivity index (χ0) is 18.4. The van der Waals surface area contributed by atoms with E-state index in [0.29, 0.717) is 36.1 Å². The molecule has 1 aromatic carbocycles. The van der Waals surface area contributed by atoms with Crippen LogP contribution in [0.5, 0.6) is 0 Å². The van der Waals surface area contributed by atoms with Crippen LogP contribution in [0.25, 0.3) is 0 Å². The zero-order valence-electron chi connectivity index (χ0n) is 15.4. The van der Waals surface area contributed by atoms with E-state index in [1.165, 1.54) is 0 Å². The molecular weight excluding hydrogens is 316 g/mol. The van der Waals surface area contributed by atoms with Crippen LogP contribution in [0.15, 0.2) is 24.3 Å². The van der Waals surface area contributed by atoms with Crippen molar-refractivity contribution >= 4 is 17.5 Å². The zero-order valence-corrected chi connectivity index (χ0v) is 15.4. The van der Waals surface area contributed by atoms with Crippen LogP contribution in [0.3, 0.4) is 0 Å². The van der Waals surface area contributed by atoms with E-state index in [1.54, 1.807) is 24.3 Å². The number of aliphatic hydroxyl groups is 1. The molecule has 0 saturated heterocycles. The predicted molar refractivity (Wildman–Crippen MR) is 99.3 cm³/mol. The molecule has 3 atom stereocenters. The van der Waals surface area contributed by atoms with Crippen LogP contribution in [0, 0.1) is 23.7 Å². The van der Waals surface area contributed by atoms with E-state index in [9.17, 15) is 9.59 Å². The van der Waals surface area contributed by atoms with Gasteiger partial charge in [-0.15, -0.1) is 0 Å². The van der Waals surface area contributed by atoms with Gasteiger partial charge in [-0.25, -0.2) is 0 Å². The molecule has 1 aliphatic carbocycles. The van der Waals surface area contributed by atoms with Crippen LogP contribution < -0.4 is 10.6 Å². The highest BCUT2D eigenvalue weighted by Crippen LogP contribution is 2.38. The first kappa shape index (κ1) is 19.4. The van der Waals surface area contributed by atoms with E-state index in [0.717, 1.165) is 12.8 Å². The highest BCUT2D eigenvalue weighted by atomic mass is 16.3. The largest absolute Gasteiger partial charge is 0.396 e. The standard InChI is InChI=1S/C20H30N2O3/c1-13(2)9-15(7-8-23)12-21-19(24)16-5-4-6-17(11-16)22-20(25)18-10-14(18)3/h4-6,11,13-15,18,23H,7-10,12H2,1-3H3,(H,21,24)(H,22,25). The van der Waals surface area contributed by atoms with Crippen LogP contribution in [0.2, 0.25) is 0 Å². The third-order valence-electron chi connectivity index (χ3n) is 4.73. The molecule has 0 aromatic heterocycles. The molecule has 0 heterocycles. The number of hydrogen-bond donors (Lipinski definition) is 3. The molecule has 138 valence electrons. The summed E-state index contributed by atoms with van der Waals surface area (Å²) in [7, 11) is 0. The van der Waals surface area contributed by atoms with Gasteiger partial charge >= 0.3 is 0 Å². The minimum Gasteiger partial charge on any atom is -0.396 e. The molecule has 3 unspecified atom stereocenters. The molecule has 0 bridgehead atoms. The van der Waals surface area contributed by atoms with Gasteiger partial charge in [0.25, 0.3) is 5.91 Å². The fourth-order valence-corrected chi connectivity index (χ4v) is 3.15. The second kappa shape index (κ2) is 8.99. The Kier molecular flexibility index (Phi) is 7.00. The first-order valence-corrected chi connectivity index (χ1v) is 9.20. The van der Waals surface area contributed by atoms with Crippen molar-refractivity contribution in [3.8, 4) is 0 Å². The lowest BCUT2D eigenvalue weighted by atomic mass is 9.94. The Hall–Kier alpha value is -1.88. The van der Waals surface area contributed by atoms with Crippen molar-refractivity contribution in [2.75, 3.05) is 18.5 Å². The molecule has 1 fully saturated rings. The average molecular weight is 346 g/mol. The minimum absolute atomic E-state index is 0.0324. The summed E-state index contributed by atoms with van der Waals surface area (Å²) >= 11 is 0. The lowest BCUT2D eigenvalue weighted by Crippen LogP contribution is -2.30. The lowest BCUT2D eigenvalue weighted by Gasteiger charge is -2.18. The van der Waals surface area contributed by atoms with Crippen molar-refractivity contribution < 1.29 is 14.7 Å². The molecule has 5 heteroatoms. The van der Waals surface area contributed by atoms with Crippen molar-refractivity contribution in [2.45, 2.75) is 40.0 Å². The van der Waals surface area contributed by atoms with Crippen molar-refractivity contribution in [2.24, 2.45) is 23.7 Å². The molecular formula is C20H30N2O3. The van der Waals surface area contributed by atoms with Gasteiger partial charge in [0.1, 0.15) is 0 Å². The summed E-state index contributed by atoms with van der Waals surface area (Å²) in [6.07, 6.45) is 2.60. The third kappa shape index (κ3) is 6.16. The predicted octanol–water partition coefficient (Wildman–Crippen LogP) is 3.06. The molecule has 0 spiro atoms. The number of anilines is 1. The average Bonchev–Trinajstić information content (AvgIpc) is 3.29. The molecule has 3 N–H and O–H groups in total. The molecule has 0 aliphatic heterocycles. The summed E-state index contributed by atoms with van der Waals surface area (Å²) in [6.45, 7) is 7.02. The Balaban J connectivity index is 1.90. The van der Waals surface area contributed by atoms with Crippen LogP contribution in [-0.2, 0) is 4.79 Å². The number of rotatable bonds is 9. The molecule has 5 nitrogen and oxygen atoms in total. The van der Waals surface area contributed by atoms with E-state index in [2.05, 4.69) is 31.4 Å². The number of nitrogens with one attached hydrogen (secondary N) is 2. The van der Waals surface area contributed by atoms with Gasteiger partial charge in [-0.05, 0) is 55.2 Å². The topological polar surface area (TPSA) is 78.4 Å². The maximum absolute atomic E-state index is 12.4. The van der Waals surface area contributed by atoms with Crippen molar-refractivity contribution in [1.82, 2.24) is 5.32 Å². The Morgan fingerprint density at radius 1 is 1.32 bits per heavy atom. The van der Waals surface area contributed by atoms with Gasteiger partial charge in [0.2, 0.25) is 5.91 Å². The summed E-state index contributed by atoms with van der Waals surface area (Å²) in [4.78, 5) is 24.4. The van der Waals surface area contributed by atoms with Crippen LogP contribution in [0.1, 0.15) is 50.4 Å². The number of carbonyl (C=O) groups is 2. The quantitative estimate of drug-likeness (QED) is 0.643. The maximum Gasteiger partial charge on any atom is 0.251 e. The van der Waals surface area contributed by atoms with Gasteiger partial charge in [0.05, 0.1) is 0 Å². The minimum atomic E-state index is -0.150. The number of aliphatic hydroxyl groups excluding tert-OH is 1. The fourth-order valence-electron chi connectivity index (χ4n) is 3.15. The number of carbonyl (C=O) groups excluding carboxylic acids is 2. The first-order valence-electron chi connectivity index (χ1n) is 9.20. The van der Waals surface area contributed by atoms with Crippen LogP contribution in [-0.4, -0.2) is 30.1 Å². The summed E-state index contributed by atoms with van der Waals surface area (Å²) in [6, 6.07) is 7.03. The Morgan fingerprint density at radius 3 is 2.64 bits per heavy atom. The number of benzene rings is 1. The highest BCUT2D eigenvalue weighted by Gasteiger charge is 2.39. The van der Waals surface area contributed by atoms with Crippen LogP contribution in [0.4, 0.5) is 5.69 Å². The normalized spacial score (nSPS) is 20.2. The van der Waals surface area contributed by atoms with Gasteiger partial charge in [-0.2, -0.15) is 0 Å². The SMILES string of the molecule is CC(C)CC(CCO)CNC(=O)c1cccc(NC(=O)C2CC2C)c1. The number of amides is 2. The Bertz CT molecular complexity index is 600. The smallest absolute Gasteiger partial charge is 0.251 e. The number of hydrogen-bond acceptors (Lipinski definition) is 3. The molecule has 1 aliphatic rings. The maximum atomic E-state index is 12.4. The molecule has 2 amide bonds. The van der Waals surface area contributed by atoms with Crippen molar-refractivity contribution in [3.63, 3.8) is 0 Å². The van der Waals surface area contributed by atoms with Crippen molar-refractivity contribution in [1.29, 1.82) is 0 Å². The highest BCUT2D eigenvalue weighted by molar-refractivity contribution is 5.98. The van der Waals surface area contributed by atoms with Gasteiger partial charge < -0.3 is 15.7 Å². The second-order valence-electron chi connectivity index (χ2n) is 7.61. The van der Waals surface area contributed by atoms with E-state index >= 15 is 0 Å². The van der Waals surface area contributed by atoms with Gasteiger partial charge in [-0.3, -0.25) is 9.59 Å². The second-order valence-corrected chi connectivity index (χ2v) is 7.61. The van der Waals surface area contributed by atoms with Crippen molar-refractivity contribution in [3.05, 3.63) is 29.8 Å². The summed E-state index contributed by atoms with van der Waals surface area (Å²) < 4.78 is 0. The van der Waals surface area contributed by atoms with E-state index in [1.807, 2.05) is 0 Å². The molecule has 0 radical (unpaired) electrons. The van der Waals surface area contributed by atoms with E-state index in [-0.39, 0.29) is 30.3 Å². The van der Waals surface area contributed by atoms with Gasteiger partial charge in [0, 0.05) is 30.3 Å². The monoisotopic (exact) mass is 346 g/mol. The van der Waals surface area contributed by atoms with E-state index in [4.69, 9.17) is 5.11 Å². The summed E-state index contributed by atoms with van der Waals surface area (Å²) in [5.74, 6) is 1.24. The van der Waals surface area contributed by atoms with Gasteiger partial charge in [0.15, 0.2) is 0 Å². The summed E-state index contributed by atoms with van der Waals surface area (Å²) in [5.41, 5.74) is 1.19. The van der Waals surface area contributed by atoms with E-state index < -0.39 is 0 Å². The summed E-state index contributed by atoms with van der Waals surface area (Å²) in [5, 5.41) is 15.0. The molecule has 2 rings (SSSR count). The lowest BCUT2D eigenvalue weighted by molar-refractivity contribution is -0.117. The first-order chi connectivity index (χ1) is 11.9. The Morgan fingerprint density at radius 2 is 2.04 bits per heavy atom. The molecule has 1 aromatic rings. The molecule has 25 heavy (non-hydrogen) atoms. The Labute approximate surface area is 150 Å². The fraction of sp³-hybridized carbons (Fsp3) is 0.600.